The number of carbonyl (C=O) groups is 1. The molecule has 1 N–H and O–H groups in total. The molecule has 26 heavy (non-hydrogen) atoms. The van der Waals surface area contributed by atoms with E-state index in [0.717, 1.165) is 45.3 Å². The molecule has 0 saturated heterocycles. The number of carbonyl (C=O) groups excluding carboxylic acids is 1. The molecular formula is C22H21N3O. The lowest BCUT2D eigenvalue weighted by atomic mass is 10.0. The first-order valence-electron chi connectivity index (χ1n) is 8.98. The number of ketones is 1. The number of H-pyrrole nitrogens is 1. The van der Waals surface area contributed by atoms with E-state index in [1.807, 2.05) is 48.7 Å². The maximum Gasteiger partial charge on any atom is 0.162 e. The smallest absolute Gasteiger partial charge is 0.162 e. The number of hydrogen-bond donors (Lipinski definition) is 1. The van der Waals surface area contributed by atoms with Gasteiger partial charge in [0.05, 0.1) is 11.0 Å². The molecule has 0 unspecified atom stereocenters. The molecule has 0 aliphatic heterocycles. The number of rotatable bonds is 5. The Balaban J connectivity index is 1.67. The summed E-state index contributed by atoms with van der Waals surface area (Å²) in [6.45, 7) is 4.27. The van der Waals surface area contributed by atoms with E-state index in [-0.39, 0.29) is 5.78 Å². The molecule has 0 radical (unpaired) electrons. The van der Waals surface area contributed by atoms with Crippen molar-refractivity contribution in [2.75, 3.05) is 0 Å². The molecule has 4 heteroatoms. The van der Waals surface area contributed by atoms with Crippen LogP contribution < -0.4 is 0 Å². The number of nitrogens with one attached hydrogen (secondary N) is 1. The second kappa shape index (κ2) is 6.71. The normalized spacial score (nSPS) is 11.5. The molecule has 0 amide bonds. The van der Waals surface area contributed by atoms with Crippen molar-refractivity contribution in [2.24, 2.45) is 5.92 Å². The largest absolute Gasteiger partial charge is 0.337 e. The van der Waals surface area contributed by atoms with Gasteiger partial charge in [0.1, 0.15) is 5.69 Å². The van der Waals surface area contributed by atoms with Crippen LogP contribution in [0.25, 0.3) is 33.3 Å². The third-order valence-corrected chi connectivity index (χ3v) is 4.63. The third-order valence-electron chi connectivity index (χ3n) is 4.63. The van der Waals surface area contributed by atoms with Gasteiger partial charge in [-0.1, -0.05) is 38.1 Å². The second-order valence-corrected chi connectivity index (χ2v) is 7.09. The minimum atomic E-state index is 0.181. The van der Waals surface area contributed by atoms with Gasteiger partial charge in [-0.05, 0) is 42.0 Å². The van der Waals surface area contributed by atoms with Crippen molar-refractivity contribution in [3.8, 4) is 11.5 Å². The molecule has 0 fully saturated rings. The summed E-state index contributed by atoms with van der Waals surface area (Å²) >= 11 is 0. The van der Waals surface area contributed by atoms with E-state index < -0.39 is 0 Å². The minimum Gasteiger partial charge on any atom is -0.337 e. The number of aromatic amines is 1. The molecule has 2 aromatic carbocycles. The monoisotopic (exact) mass is 343 g/mol. The molecule has 0 aliphatic rings. The summed E-state index contributed by atoms with van der Waals surface area (Å²) in [5.74, 6) is 1.43. The van der Waals surface area contributed by atoms with Gasteiger partial charge in [0.25, 0.3) is 0 Å². The van der Waals surface area contributed by atoms with Crippen LogP contribution in [0.15, 0.2) is 54.7 Å². The summed E-state index contributed by atoms with van der Waals surface area (Å²) in [7, 11) is 0. The van der Waals surface area contributed by atoms with E-state index in [9.17, 15) is 4.79 Å². The van der Waals surface area contributed by atoms with E-state index in [1.54, 1.807) is 0 Å². The zero-order valence-electron chi connectivity index (χ0n) is 15.0. The van der Waals surface area contributed by atoms with Crippen LogP contribution in [0.2, 0.25) is 0 Å². The third kappa shape index (κ3) is 3.23. The number of Topliss-reactive ketones (excluding diaryl/α,β-unsaturated/α-hetero) is 1. The Morgan fingerprint density at radius 3 is 2.69 bits per heavy atom. The Bertz CT molecular complexity index is 1090. The average Bonchev–Trinajstić information content (AvgIpc) is 3.09. The number of imidazole rings is 1. The Morgan fingerprint density at radius 1 is 1.08 bits per heavy atom. The van der Waals surface area contributed by atoms with Crippen molar-refractivity contribution in [2.45, 2.75) is 26.7 Å². The standard InChI is InChI=1S/C22H21N3O/c1-14(2)7-10-21(26)16-8-9-18-19(12-16)25-22(24-18)20-11-15-5-3-4-6-17(15)13-23-20/h3-6,8-9,11-14H,7,10H2,1-2H3,(H,24,25). The van der Waals surface area contributed by atoms with E-state index in [4.69, 9.17) is 0 Å². The number of aromatic nitrogens is 3. The van der Waals surface area contributed by atoms with E-state index in [0.29, 0.717) is 12.3 Å². The SMILES string of the molecule is CC(C)CCC(=O)c1ccc2nc(-c3cc4ccccc4cn3)[nH]c2c1. The van der Waals surface area contributed by atoms with Crippen LogP contribution in [0.1, 0.15) is 37.0 Å². The summed E-state index contributed by atoms with van der Waals surface area (Å²) < 4.78 is 0. The van der Waals surface area contributed by atoms with Crippen molar-refractivity contribution in [1.29, 1.82) is 0 Å². The van der Waals surface area contributed by atoms with Crippen LogP contribution in [-0.4, -0.2) is 20.7 Å². The highest BCUT2D eigenvalue weighted by Crippen LogP contribution is 2.23. The highest BCUT2D eigenvalue weighted by atomic mass is 16.1. The van der Waals surface area contributed by atoms with Gasteiger partial charge < -0.3 is 4.98 Å². The molecule has 4 nitrogen and oxygen atoms in total. The highest BCUT2D eigenvalue weighted by Gasteiger charge is 2.11. The molecule has 130 valence electrons. The first kappa shape index (κ1) is 16.5. The van der Waals surface area contributed by atoms with Gasteiger partial charge in [-0.3, -0.25) is 9.78 Å². The van der Waals surface area contributed by atoms with Crippen molar-refractivity contribution in [3.63, 3.8) is 0 Å². The molecule has 0 aliphatic carbocycles. The molecule has 0 saturated carbocycles. The Kier molecular flexibility index (Phi) is 4.25. The highest BCUT2D eigenvalue weighted by molar-refractivity contribution is 5.99. The predicted molar refractivity (Wildman–Crippen MR) is 105 cm³/mol. The molecule has 2 heterocycles. The predicted octanol–water partition coefficient (Wildman–Crippen LogP) is 5.40. The minimum absolute atomic E-state index is 0.181. The molecule has 4 aromatic rings. The first-order chi connectivity index (χ1) is 12.6. The second-order valence-electron chi connectivity index (χ2n) is 7.09. The summed E-state index contributed by atoms with van der Waals surface area (Å²) in [4.78, 5) is 24.8. The lowest BCUT2D eigenvalue weighted by Crippen LogP contribution is -2.01. The Hall–Kier alpha value is -3.01. The maximum absolute atomic E-state index is 12.4. The van der Waals surface area contributed by atoms with Crippen LogP contribution >= 0.6 is 0 Å². The Labute approximate surface area is 152 Å². The van der Waals surface area contributed by atoms with Crippen molar-refractivity contribution in [3.05, 3.63) is 60.3 Å². The van der Waals surface area contributed by atoms with Gasteiger partial charge in [0.2, 0.25) is 0 Å². The fraction of sp³-hybridized carbons (Fsp3) is 0.227. The molecule has 0 bridgehead atoms. The topological polar surface area (TPSA) is 58.6 Å². The zero-order chi connectivity index (χ0) is 18.1. The number of benzene rings is 2. The summed E-state index contributed by atoms with van der Waals surface area (Å²) in [5.41, 5.74) is 3.24. The number of pyridine rings is 1. The average molecular weight is 343 g/mol. The van der Waals surface area contributed by atoms with Gasteiger partial charge in [0.15, 0.2) is 11.6 Å². The Morgan fingerprint density at radius 2 is 1.88 bits per heavy atom. The molecule has 0 spiro atoms. The molecular weight excluding hydrogens is 322 g/mol. The van der Waals surface area contributed by atoms with Crippen molar-refractivity contribution < 1.29 is 4.79 Å². The van der Waals surface area contributed by atoms with Gasteiger partial charge in [-0.25, -0.2) is 4.98 Å². The summed E-state index contributed by atoms with van der Waals surface area (Å²) in [5, 5.41) is 2.23. The van der Waals surface area contributed by atoms with Crippen molar-refractivity contribution in [1.82, 2.24) is 15.0 Å². The van der Waals surface area contributed by atoms with Crippen LogP contribution in [-0.2, 0) is 0 Å². The first-order valence-corrected chi connectivity index (χ1v) is 8.98. The fourth-order valence-corrected chi connectivity index (χ4v) is 3.08. The van der Waals surface area contributed by atoms with Gasteiger partial charge >= 0.3 is 0 Å². The number of fused-ring (bicyclic) bond motifs is 2. The van der Waals surface area contributed by atoms with Gasteiger partial charge in [0, 0.05) is 23.6 Å². The van der Waals surface area contributed by atoms with E-state index in [2.05, 4.69) is 34.9 Å². The molecule has 4 rings (SSSR count). The lowest BCUT2D eigenvalue weighted by Gasteiger charge is -2.03. The number of hydrogen-bond acceptors (Lipinski definition) is 3. The summed E-state index contributed by atoms with van der Waals surface area (Å²) in [6, 6.07) is 15.8. The number of nitrogens with zero attached hydrogens (tertiary/aromatic N) is 2. The maximum atomic E-state index is 12.4. The molecule has 0 atom stereocenters. The fourth-order valence-electron chi connectivity index (χ4n) is 3.08. The summed E-state index contributed by atoms with van der Waals surface area (Å²) in [6.07, 6.45) is 3.35. The van der Waals surface area contributed by atoms with Crippen LogP contribution in [0.5, 0.6) is 0 Å². The van der Waals surface area contributed by atoms with E-state index >= 15 is 0 Å². The lowest BCUT2D eigenvalue weighted by molar-refractivity contribution is 0.0975. The van der Waals surface area contributed by atoms with Gasteiger partial charge in [-0.15, -0.1) is 0 Å². The quantitative estimate of drug-likeness (QED) is 0.494. The van der Waals surface area contributed by atoms with Crippen molar-refractivity contribution >= 4 is 27.6 Å². The van der Waals surface area contributed by atoms with Crippen LogP contribution in [0, 0.1) is 5.92 Å². The molecule has 2 aromatic heterocycles. The van der Waals surface area contributed by atoms with E-state index in [1.165, 1.54) is 0 Å². The van der Waals surface area contributed by atoms with Gasteiger partial charge in [-0.2, -0.15) is 0 Å². The van der Waals surface area contributed by atoms with Crippen LogP contribution in [0.3, 0.4) is 0 Å². The zero-order valence-corrected chi connectivity index (χ0v) is 15.0. The van der Waals surface area contributed by atoms with Crippen LogP contribution in [0.4, 0.5) is 0 Å².